The average molecular weight is 288 g/mol. The SMILES string of the molecule is Cc1ccc2c(C3CCN(C(=O)O)CC3)cc(F)cc2n1. The molecule has 0 unspecified atom stereocenters. The Morgan fingerprint density at radius 2 is 2.05 bits per heavy atom. The molecule has 5 heteroatoms. The normalized spacial score (nSPS) is 16.4. The molecule has 1 amide bonds. The van der Waals surface area contributed by atoms with E-state index in [1.54, 1.807) is 6.07 Å². The van der Waals surface area contributed by atoms with E-state index in [1.807, 2.05) is 19.1 Å². The largest absolute Gasteiger partial charge is 0.465 e. The van der Waals surface area contributed by atoms with Crippen molar-refractivity contribution < 1.29 is 14.3 Å². The van der Waals surface area contributed by atoms with Gasteiger partial charge < -0.3 is 10.0 Å². The Morgan fingerprint density at radius 3 is 2.71 bits per heavy atom. The number of aromatic nitrogens is 1. The van der Waals surface area contributed by atoms with Crippen LogP contribution in [0.15, 0.2) is 24.3 Å². The lowest BCUT2D eigenvalue weighted by molar-refractivity contribution is 0.132. The maximum atomic E-state index is 13.8. The van der Waals surface area contributed by atoms with Gasteiger partial charge in [-0.1, -0.05) is 6.07 Å². The number of hydrogen-bond acceptors (Lipinski definition) is 2. The van der Waals surface area contributed by atoms with Crippen LogP contribution in [0, 0.1) is 12.7 Å². The maximum Gasteiger partial charge on any atom is 0.407 e. The summed E-state index contributed by atoms with van der Waals surface area (Å²) < 4.78 is 13.8. The van der Waals surface area contributed by atoms with E-state index in [2.05, 4.69) is 4.98 Å². The third-order valence-corrected chi connectivity index (χ3v) is 4.15. The zero-order valence-electron chi connectivity index (χ0n) is 11.8. The molecule has 1 aliphatic heterocycles. The molecule has 1 aliphatic rings. The van der Waals surface area contributed by atoms with Crippen molar-refractivity contribution in [1.29, 1.82) is 0 Å². The van der Waals surface area contributed by atoms with Crippen molar-refractivity contribution in [1.82, 2.24) is 9.88 Å². The first kappa shape index (κ1) is 13.8. The number of hydrogen-bond donors (Lipinski definition) is 1. The molecular weight excluding hydrogens is 271 g/mol. The lowest BCUT2D eigenvalue weighted by Gasteiger charge is -2.30. The summed E-state index contributed by atoms with van der Waals surface area (Å²) in [5.41, 5.74) is 2.48. The van der Waals surface area contributed by atoms with Gasteiger partial charge in [-0.15, -0.1) is 0 Å². The van der Waals surface area contributed by atoms with Gasteiger partial charge in [0.2, 0.25) is 0 Å². The molecule has 0 bridgehead atoms. The quantitative estimate of drug-likeness (QED) is 0.873. The van der Waals surface area contributed by atoms with E-state index in [0.717, 1.165) is 29.5 Å². The van der Waals surface area contributed by atoms with Crippen LogP contribution in [0.5, 0.6) is 0 Å². The first-order valence-corrected chi connectivity index (χ1v) is 7.09. The minimum atomic E-state index is -0.880. The van der Waals surface area contributed by atoms with E-state index >= 15 is 0 Å². The summed E-state index contributed by atoms with van der Waals surface area (Å²) in [6.45, 7) is 2.88. The predicted octanol–water partition coefficient (Wildman–Crippen LogP) is 3.54. The summed E-state index contributed by atoms with van der Waals surface area (Å²) in [5.74, 6) is -0.0976. The topological polar surface area (TPSA) is 53.4 Å². The number of benzene rings is 1. The lowest BCUT2D eigenvalue weighted by atomic mass is 9.87. The number of carbonyl (C=O) groups is 1. The number of carboxylic acid groups (broad SMARTS) is 1. The smallest absolute Gasteiger partial charge is 0.407 e. The third kappa shape index (κ3) is 2.68. The number of rotatable bonds is 1. The van der Waals surface area contributed by atoms with E-state index in [9.17, 15) is 9.18 Å². The molecule has 1 saturated heterocycles. The zero-order valence-corrected chi connectivity index (χ0v) is 11.8. The Bertz CT molecular complexity index is 689. The van der Waals surface area contributed by atoms with E-state index in [-0.39, 0.29) is 11.7 Å². The van der Waals surface area contributed by atoms with Crippen LogP contribution >= 0.6 is 0 Å². The van der Waals surface area contributed by atoms with Gasteiger partial charge in [0.1, 0.15) is 5.82 Å². The number of piperidine rings is 1. The average Bonchev–Trinajstić information content (AvgIpc) is 2.46. The highest BCUT2D eigenvalue weighted by Gasteiger charge is 2.25. The second-order valence-corrected chi connectivity index (χ2v) is 5.56. The van der Waals surface area contributed by atoms with Gasteiger partial charge in [0, 0.05) is 30.2 Å². The number of fused-ring (bicyclic) bond motifs is 1. The predicted molar refractivity (Wildman–Crippen MR) is 78.0 cm³/mol. The van der Waals surface area contributed by atoms with Crippen LogP contribution in [0.3, 0.4) is 0 Å². The van der Waals surface area contributed by atoms with Crippen LogP contribution in [-0.2, 0) is 0 Å². The Hall–Kier alpha value is -2.17. The minimum Gasteiger partial charge on any atom is -0.465 e. The lowest BCUT2D eigenvalue weighted by Crippen LogP contribution is -2.36. The summed E-state index contributed by atoms with van der Waals surface area (Å²) in [6.07, 6.45) is 0.562. The van der Waals surface area contributed by atoms with Crippen molar-refractivity contribution in [2.75, 3.05) is 13.1 Å². The van der Waals surface area contributed by atoms with Crippen LogP contribution in [-0.4, -0.2) is 34.2 Å². The van der Waals surface area contributed by atoms with Gasteiger partial charge in [0.25, 0.3) is 0 Å². The molecular formula is C16H17FN2O2. The second kappa shape index (κ2) is 5.31. The number of halogens is 1. The third-order valence-electron chi connectivity index (χ3n) is 4.15. The van der Waals surface area contributed by atoms with Gasteiger partial charge in [0.15, 0.2) is 0 Å². The Kier molecular flexibility index (Phi) is 3.49. The molecule has 2 heterocycles. The van der Waals surface area contributed by atoms with Gasteiger partial charge in [-0.05, 0) is 43.4 Å². The van der Waals surface area contributed by atoms with Gasteiger partial charge in [-0.2, -0.15) is 0 Å². The van der Waals surface area contributed by atoms with Crippen LogP contribution < -0.4 is 0 Å². The van der Waals surface area contributed by atoms with Crippen LogP contribution in [0.1, 0.15) is 30.0 Å². The van der Waals surface area contributed by atoms with Crippen LogP contribution in [0.25, 0.3) is 10.9 Å². The monoisotopic (exact) mass is 288 g/mol. The van der Waals surface area contributed by atoms with Crippen LogP contribution in [0.4, 0.5) is 9.18 Å². The van der Waals surface area contributed by atoms with E-state index in [4.69, 9.17) is 5.11 Å². The fraction of sp³-hybridized carbons (Fsp3) is 0.375. The van der Waals surface area contributed by atoms with Crippen molar-refractivity contribution >= 4 is 17.0 Å². The Morgan fingerprint density at radius 1 is 1.33 bits per heavy atom. The number of nitrogens with zero attached hydrogens (tertiary/aromatic N) is 2. The molecule has 2 aromatic rings. The standard InChI is InChI=1S/C16H17FN2O2/c1-10-2-3-13-14(8-12(17)9-15(13)18-10)11-4-6-19(7-5-11)16(20)21/h2-3,8-9,11H,4-7H2,1H3,(H,20,21). The fourth-order valence-corrected chi connectivity index (χ4v) is 3.05. The van der Waals surface area contributed by atoms with Gasteiger partial charge in [-0.3, -0.25) is 4.98 Å². The first-order chi connectivity index (χ1) is 10.0. The molecule has 0 spiro atoms. The second-order valence-electron chi connectivity index (χ2n) is 5.56. The highest BCUT2D eigenvalue weighted by molar-refractivity contribution is 5.83. The van der Waals surface area contributed by atoms with E-state index in [0.29, 0.717) is 18.6 Å². The molecule has 110 valence electrons. The van der Waals surface area contributed by atoms with Crippen LogP contribution in [0.2, 0.25) is 0 Å². The number of aryl methyl sites for hydroxylation is 1. The molecule has 0 atom stereocenters. The number of amides is 1. The highest BCUT2D eigenvalue weighted by atomic mass is 19.1. The first-order valence-electron chi connectivity index (χ1n) is 7.09. The van der Waals surface area contributed by atoms with Gasteiger partial charge >= 0.3 is 6.09 Å². The number of likely N-dealkylation sites (tertiary alicyclic amines) is 1. The molecule has 1 aromatic heterocycles. The summed E-state index contributed by atoms with van der Waals surface area (Å²) in [6, 6.07) is 6.94. The van der Waals surface area contributed by atoms with Crippen molar-refractivity contribution in [3.63, 3.8) is 0 Å². The van der Waals surface area contributed by atoms with Gasteiger partial charge in [0.05, 0.1) is 5.52 Å². The molecule has 4 nitrogen and oxygen atoms in total. The Balaban J connectivity index is 1.95. The molecule has 0 radical (unpaired) electrons. The molecule has 3 rings (SSSR count). The van der Waals surface area contributed by atoms with Crippen molar-refractivity contribution in [2.24, 2.45) is 0 Å². The zero-order chi connectivity index (χ0) is 15.0. The molecule has 0 aliphatic carbocycles. The van der Waals surface area contributed by atoms with E-state index < -0.39 is 6.09 Å². The molecule has 1 N–H and O–H groups in total. The summed E-state index contributed by atoms with van der Waals surface area (Å²) in [5, 5.41) is 9.97. The highest BCUT2D eigenvalue weighted by Crippen LogP contribution is 2.33. The number of pyridine rings is 1. The fourth-order valence-electron chi connectivity index (χ4n) is 3.05. The van der Waals surface area contributed by atoms with Crippen molar-refractivity contribution in [3.05, 3.63) is 41.3 Å². The Labute approximate surface area is 122 Å². The maximum absolute atomic E-state index is 13.8. The molecule has 0 saturated carbocycles. The summed E-state index contributed by atoms with van der Waals surface area (Å²) in [7, 11) is 0. The molecule has 1 aromatic carbocycles. The van der Waals surface area contributed by atoms with Crippen molar-refractivity contribution in [3.8, 4) is 0 Å². The molecule has 21 heavy (non-hydrogen) atoms. The van der Waals surface area contributed by atoms with Gasteiger partial charge in [-0.25, -0.2) is 9.18 Å². The van der Waals surface area contributed by atoms with E-state index in [1.165, 1.54) is 11.0 Å². The molecule has 1 fully saturated rings. The van der Waals surface area contributed by atoms with Crippen molar-refractivity contribution in [2.45, 2.75) is 25.7 Å². The minimum absolute atomic E-state index is 0.184. The summed E-state index contributed by atoms with van der Waals surface area (Å²) in [4.78, 5) is 16.8. The summed E-state index contributed by atoms with van der Waals surface area (Å²) >= 11 is 0.